The average Bonchev–Trinajstić information content (AvgIpc) is 3.36. The van der Waals surface area contributed by atoms with Crippen molar-refractivity contribution in [1.82, 2.24) is 4.37 Å². The van der Waals surface area contributed by atoms with Crippen molar-refractivity contribution in [2.45, 2.75) is 152 Å². The zero-order valence-corrected chi connectivity index (χ0v) is 38.5. The van der Waals surface area contributed by atoms with E-state index in [1.165, 1.54) is 11.5 Å². The minimum Gasteiger partial charge on any atom is -0.465 e. The Labute approximate surface area is 325 Å². The van der Waals surface area contributed by atoms with E-state index in [-0.39, 0.29) is 53.3 Å². The van der Waals surface area contributed by atoms with Gasteiger partial charge in [0.1, 0.15) is 0 Å². The van der Waals surface area contributed by atoms with E-state index in [4.69, 9.17) is 27.5 Å². The number of aliphatic imine (C=N–C) groups is 1. The maximum Gasteiger partial charge on any atom is 0.210 e. The molecule has 0 spiro atoms. The van der Waals surface area contributed by atoms with Gasteiger partial charge in [-0.1, -0.05) is 30.2 Å². The van der Waals surface area contributed by atoms with Crippen molar-refractivity contribution < 1.29 is 35.9 Å². The van der Waals surface area contributed by atoms with Gasteiger partial charge in [-0.05, 0) is 128 Å². The van der Waals surface area contributed by atoms with Gasteiger partial charge in [-0.25, -0.2) is 17.8 Å². The quantitative estimate of drug-likeness (QED) is 0.121. The first-order chi connectivity index (χ1) is 24.5. The van der Waals surface area contributed by atoms with Gasteiger partial charge in [0.2, 0.25) is 21.1 Å². The Balaban J connectivity index is 1.36. The van der Waals surface area contributed by atoms with Crippen LogP contribution >= 0.6 is 11.5 Å². The summed E-state index contributed by atoms with van der Waals surface area (Å²) in [6.07, 6.45) is 3.87. The highest BCUT2D eigenvalue weighted by atomic mass is 32.2. The number of sulfone groups is 1. The van der Waals surface area contributed by atoms with Crippen LogP contribution in [0.4, 0.5) is 0 Å². The summed E-state index contributed by atoms with van der Waals surface area (Å²) in [5.74, 6) is 0.700. The van der Waals surface area contributed by atoms with E-state index in [0.29, 0.717) is 23.8 Å². The lowest BCUT2D eigenvalue weighted by atomic mass is 9.85. The third-order valence-electron chi connectivity index (χ3n) is 9.67. The average molecular weight is 823 g/mol. The smallest absolute Gasteiger partial charge is 0.210 e. The molecular weight excluding hydrogens is 761 g/mol. The van der Waals surface area contributed by atoms with Crippen molar-refractivity contribution in [3.63, 3.8) is 0 Å². The van der Waals surface area contributed by atoms with Crippen LogP contribution in [0.5, 0.6) is 0 Å². The molecular formula is C38H62N2O8S2Si3. The lowest BCUT2D eigenvalue weighted by Gasteiger charge is -2.47. The van der Waals surface area contributed by atoms with Gasteiger partial charge < -0.3 is 27.5 Å². The molecule has 0 saturated carbocycles. The van der Waals surface area contributed by atoms with Crippen molar-refractivity contribution in [2.24, 2.45) is 16.8 Å². The topological polar surface area (TPSA) is 118 Å². The lowest BCUT2D eigenvalue weighted by Crippen LogP contribution is -2.58. The van der Waals surface area contributed by atoms with Gasteiger partial charge in [0.05, 0.1) is 46.9 Å². The van der Waals surface area contributed by atoms with E-state index in [1.807, 2.05) is 19.9 Å². The van der Waals surface area contributed by atoms with Crippen LogP contribution in [0, 0.1) is 18.8 Å². The standard InChI is InChI=1S/C38H62N2O8S2Si3/c1-24-14-16-29(17-15-24)50(41,42)38-37(32-18-19-39-49-32)45-33(40-38)21-25(2)20-30-36(48-53(11,12)13)35(47-52(8,9)10)28(23-43-30)22-31-34(44-31)26(3)27(4)46-51(5,6)7/h14-19,21,26-28,30-31,34-38H,20,22-23H2,1-13H3/b25-21+/t26-,27-,28-,30-,31-,34-,35+,36-,37?,38?/m0/s1. The minimum absolute atomic E-state index is 0.120. The van der Waals surface area contributed by atoms with Crippen LogP contribution < -0.4 is 0 Å². The second kappa shape index (κ2) is 16.5. The summed E-state index contributed by atoms with van der Waals surface area (Å²) in [5, 5.41) is -1.13. The van der Waals surface area contributed by atoms with E-state index < -0.39 is 46.3 Å². The predicted octanol–water partition coefficient (Wildman–Crippen LogP) is 8.55. The molecule has 53 heavy (non-hydrogen) atoms. The first-order valence-electron chi connectivity index (χ1n) is 18.9. The molecule has 5 rings (SSSR count). The van der Waals surface area contributed by atoms with Crippen LogP contribution in [0.15, 0.2) is 58.1 Å². The highest BCUT2D eigenvalue weighted by Crippen LogP contribution is 2.42. The maximum atomic E-state index is 13.9. The van der Waals surface area contributed by atoms with Crippen molar-refractivity contribution in [2.75, 3.05) is 6.61 Å². The number of hydrogen-bond donors (Lipinski definition) is 0. The number of epoxide rings is 1. The van der Waals surface area contributed by atoms with Crippen LogP contribution in [0.2, 0.25) is 58.9 Å². The number of aryl methyl sites for hydroxylation is 1. The highest BCUT2D eigenvalue weighted by molar-refractivity contribution is 7.92. The van der Waals surface area contributed by atoms with Crippen LogP contribution in [0.25, 0.3) is 0 Å². The summed E-state index contributed by atoms with van der Waals surface area (Å²) in [7, 11) is -9.56. The zero-order valence-electron chi connectivity index (χ0n) is 33.9. The highest BCUT2D eigenvalue weighted by Gasteiger charge is 2.51. The fraction of sp³-hybridized carbons (Fsp3) is 0.684. The third kappa shape index (κ3) is 11.5. The van der Waals surface area contributed by atoms with Gasteiger partial charge in [0.25, 0.3) is 0 Å². The molecule has 4 heterocycles. The summed E-state index contributed by atoms with van der Waals surface area (Å²) in [6.45, 7) is 28.9. The van der Waals surface area contributed by atoms with Crippen LogP contribution in [-0.4, -0.2) is 92.2 Å². The largest absolute Gasteiger partial charge is 0.465 e. The predicted molar refractivity (Wildman–Crippen MR) is 220 cm³/mol. The molecule has 2 saturated heterocycles. The number of benzene rings is 1. The minimum atomic E-state index is -3.85. The number of hydrogen-bond acceptors (Lipinski definition) is 11. The summed E-state index contributed by atoms with van der Waals surface area (Å²) < 4.78 is 71.8. The maximum absolute atomic E-state index is 13.9. The van der Waals surface area contributed by atoms with E-state index >= 15 is 0 Å². The molecule has 10 nitrogen and oxygen atoms in total. The van der Waals surface area contributed by atoms with Gasteiger partial charge >= 0.3 is 0 Å². The molecule has 3 aliphatic rings. The van der Waals surface area contributed by atoms with Gasteiger partial charge in [0.15, 0.2) is 31.1 Å². The molecule has 2 fully saturated rings. The van der Waals surface area contributed by atoms with Gasteiger partial charge in [0, 0.05) is 24.1 Å². The molecule has 0 N–H and O–H groups in total. The summed E-state index contributed by atoms with van der Waals surface area (Å²) >= 11 is 1.22. The lowest BCUT2D eigenvalue weighted by molar-refractivity contribution is -0.152. The molecule has 296 valence electrons. The van der Waals surface area contributed by atoms with Gasteiger partial charge in [-0.3, -0.25) is 0 Å². The van der Waals surface area contributed by atoms with E-state index in [2.05, 4.69) is 82.1 Å². The molecule has 3 aliphatic heterocycles. The Morgan fingerprint density at radius 3 is 2.17 bits per heavy atom. The Bertz CT molecular complexity index is 1700. The van der Waals surface area contributed by atoms with Crippen molar-refractivity contribution in [3.8, 4) is 0 Å². The van der Waals surface area contributed by atoms with Crippen molar-refractivity contribution in [3.05, 3.63) is 58.6 Å². The van der Waals surface area contributed by atoms with Gasteiger partial charge in [-0.2, -0.15) is 0 Å². The van der Waals surface area contributed by atoms with E-state index in [9.17, 15) is 8.42 Å². The Morgan fingerprint density at radius 2 is 1.58 bits per heavy atom. The first kappa shape index (κ1) is 42.6. The van der Waals surface area contributed by atoms with E-state index in [1.54, 1.807) is 36.5 Å². The SMILES string of the molecule is C/C(=C\C1=NC(S(=O)(=O)c2ccc(C)cc2)C(c2ccns2)O1)C[C@@H]1OC[C@H](C[C@@H]2O[C@H]2[C@@H](C)[C@H](C)O[Si](C)(C)C)[C@@H](O[Si](C)(C)C)[C@H]1O[Si](C)(C)C. The normalized spacial score (nSPS) is 29.8. The monoisotopic (exact) mass is 822 g/mol. The number of rotatable bonds is 16. The molecule has 15 heteroatoms. The Morgan fingerprint density at radius 1 is 0.943 bits per heavy atom. The molecule has 1 aromatic carbocycles. The van der Waals surface area contributed by atoms with Crippen molar-refractivity contribution in [1.29, 1.82) is 0 Å². The fourth-order valence-electron chi connectivity index (χ4n) is 7.20. The molecule has 1 aromatic heterocycles. The second-order valence-electron chi connectivity index (χ2n) is 18.1. The summed E-state index contributed by atoms with van der Waals surface area (Å²) in [4.78, 5) is 5.61. The molecule has 0 aliphatic carbocycles. The molecule has 0 bridgehead atoms. The van der Waals surface area contributed by atoms with Crippen LogP contribution in [0.3, 0.4) is 0 Å². The third-order valence-corrected chi connectivity index (χ3v) is 15.4. The van der Waals surface area contributed by atoms with Gasteiger partial charge in [-0.15, -0.1) is 0 Å². The van der Waals surface area contributed by atoms with Crippen molar-refractivity contribution >= 4 is 52.2 Å². The summed E-state index contributed by atoms with van der Waals surface area (Å²) in [6, 6.07) is 8.66. The number of aromatic nitrogens is 1. The fourth-order valence-corrected chi connectivity index (χ4v) is 13.1. The molecule has 0 radical (unpaired) electrons. The Kier molecular flexibility index (Phi) is 13.3. The Hall–Kier alpha value is -1.54. The molecule has 2 aromatic rings. The second-order valence-corrected chi connectivity index (χ2v) is 34.3. The van der Waals surface area contributed by atoms with Crippen LogP contribution in [0.1, 0.15) is 50.2 Å². The molecule has 10 atom stereocenters. The van der Waals surface area contributed by atoms with E-state index in [0.717, 1.165) is 17.6 Å². The zero-order chi connectivity index (χ0) is 39.1. The molecule has 2 unspecified atom stereocenters. The molecule has 0 amide bonds. The number of nitrogens with zero attached hydrogens (tertiary/aromatic N) is 2. The summed E-state index contributed by atoms with van der Waals surface area (Å²) in [5.41, 5.74) is 1.94. The number of ether oxygens (including phenoxy) is 3. The van der Waals surface area contributed by atoms with Crippen LogP contribution in [-0.2, 0) is 37.3 Å². The first-order valence-corrected chi connectivity index (χ1v) is 31.5.